The Morgan fingerprint density at radius 2 is 2.05 bits per heavy atom. The highest BCUT2D eigenvalue weighted by Gasteiger charge is 2.22. The molecule has 1 fully saturated rings. The number of piperazine rings is 1. The van der Waals surface area contributed by atoms with Gasteiger partial charge < -0.3 is 15.1 Å². The first-order valence-electron chi connectivity index (χ1n) is 6.81. The normalized spacial score (nSPS) is 15.3. The smallest absolute Gasteiger partial charge is 0.229 e. The summed E-state index contributed by atoms with van der Waals surface area (Å²) in [6.45, 7) is 7.88. The first-order chi connectivity index (χ1) is 9.60. The second kappa shape index (κ2) is 6.99. The molecule has 0 saturated carbocycles. The van der Waals surface area contributed by atoms with Crippen LogP contribution in [0.3, 0.4) is 0 Å². The largest absolute Gasteiger partial charge is 0.363 e. The van der Waals surface area contributed by atoms with Gasteiger partial charge in [0.05, 0.1) is 6.42 Å². The zero-order chi connectivity index (χ0) is 14.5. The highest BCUT2D eigenvalue weighted by atomic mass is 32.1. The maximum atomic E-state index is 12.2. The van der Waals surface area contributed by atoms with Crippen LogP contribution in [-0.4, -0.2) is 58.5 Å². The summed E-state index contributed by atoms with van der Waals surface area (Å²) >= 11 is 6.84. The van der Waals surface area contributed by atoms with E-state index in [4.69, 9.17) is 12.2 Å². The molecule has 0 atom stereocenters. The molecule has 0 unspecified atom stereocenters. The van der Waals surface area contributed by atoms with Crippen LogP contribution in [0.1, 0.15) is 17.6 Å². The van der Waals surface area contributed by atoms with E-state index in [1.54, 1.807) is 11.3 Å². The zero-order valence-corrected chi connectivity index (χ0v) is 13.5. The van der Waals surface area contributed by atoms with Gasteiger partial charge in [0.1, 0.15) is 5.01 Å². The molecule has 2 rings (SSSR count). The van der Waals surface area contributed by atoms with E-state index in [-0.39, 0.29) is 5.91 Å². The summed E-state index contributed by atoms with van der Waals surface area (Å²) in [5, 5.41) is 6.82. The molecule has 1 aromatic rings. The van der Waals surface area contributed by atoms with Crippen molar-refractivity contribution in [2.45, 2.75) is 20.3 Å². The van der Waals surface area contributed by atoms with Crippen molar-refractivity contribution >= 4 is 34.6 Å². The van der Waals surface area contributed by atoms with Crippen molar-refractivity contribution in [2.75, 3.05) is 32.7 Å². The number of amides is 1. The highest BCUT2D eigenvalue weighted by Crippen LogP contribution is 2.12. The van der Waals surface area contributed by atoms with E-state index >= 15 is 0 Å². The average Bonchev–Trinajstić information content (AvgIpc) is 2.84. The van der Waals surface area contributed by atoms with E-state index in [9.17, 15) is 4.79 Å². The van der Waals surface area contributed by atoms with Crippen molar-refractivity contribution in [3.63, 3.8) is 0 Å². The van der Waals surface area contributed by atoms with Crippen molar-refractivity contribution in [2.24, 2.45) is 0 Å². The predicted molar refractivity (Wildman–Crippen MR) is 85.0 cm³/mol. The molecule has 0 radical (unpaired) electrons. The molecular formula is C13H20N4OS2. The molecule has 1 amide bonds. The third-order valence-corrected chi connectivity index (χ3v) is 4.59. The number of nitrogens with zero attached hydrogens (tertiary/aromatic N) is 3. The topological polar surface area (TPSA) is 48.5 Å². The molecule has 1 aromatic heterocycles. The van der Waals surface area contributed by atoms with E-state index in [1.807, 2.05) is 24.1 Å². The lowest BCUT2D eigenvalue weighted by atomic mass is 10.3. The molecule has 2 heterocycles. The van der Waals surface area contributed by atoms with Gasteiger partial charge in [0.2, 0.25) is 5.91 Å². The van der Waals surface area contributed by atoms with Gasteiger partial charge in [-0.05, 0) is 26.1 Å². The highest BCUT2D eigenvalue weighted by molar-refractivity contribution is 7.80. The Labute approximate surface area is 129 Å². The molecule has 0 spiro atoms. The summed E-state index contributed by atoms with van der Waals surface area (Å²) in [7, 11) is 0. The molecule has 110 valence electrons. The van der Waals surface area contributed by atoms with Crippen molar-refractivity contribution < 1.29 is 4.79 Å². The molecule has 0 aliphatic carbocycles. The van der Waals surface area contributed by atoms with Gasteiger partial charge >= 0.3 is 0 Å². The van der Waals surface area contributed by atoms with Crippen LogP contribution in [0.5, 0.6) is 0 Å². The van der Waals surface area contributed by atoms with Crippen LogP contribution in [0.4, 0.5) is 0 Å². The molecule has 7 heteroatoms. The minimum atomic E-state index is 0.161. The van der Waals surface area contributed by atoms with Crippen LogP contribution in [0.25, 0.3) is 0 Å². The monoisotopic (exact) mass is 312 g/mol. The van der Waals surface area contributed by atoms with Crippen LogP contribution in [0.2, 0.25) is 0 Å². The second-order valence-corrected chi connectivity index (χ2v) is 6.09. The lowest BCUT2D eigenvalue weighted by molar-refractivity contribution is -0.131. The molecule has 5 nitrogen and oxygen atoms in total. The average molecular weight is 312 g/mol. The van der Waals surface area contributed by atoms with Crippen LogP contribution >= 0.6 is 23.6 Å². The van der Waals surface area contributed by atoms with Crippen LogP contribution in [-0.2, 0) is 11.2 Å². The third kappa shape index (κ3) is 3.89. The van der Waals surface area contributed by atoms with Gasteiger partial charge in [-0.3, -0.25) is 4.79 Å². The number of thiazole rings is 1. The fourth-order valence-corrected chi connectivity index (χ4v) is 3.24. The number of aryl methyl sites for hydroxylation is 1. The molecule has 0 aromatic carbocycles. The van der Waals surface area contributed by atoms with Crippen molar-refractivity contribution in [3.8, 4) is 0 Å². The number of nitrogens with one attached hydrogen (secondary N) is 1. The summed E-state index contributed by atoms with van der Waals surface area (Å²) in [6, 6.07) is 0. The summed E-state index contributed by atoms with van der Waals surface area (Å²) in [4.78, 5) is 20.6. The molecule has 0 bridgehead atoms. The Kier molecular flexibility index (Phi) is 5.31. The van der Waals surface area contributed by atoms with Gasteiger partial charge in [-0.15, -0.1) is 11.3 Å². The van der Waals surface area contributed by atoms with Crippen LogP contribution in [0, 0.1) is 6.92 Å². The quantitative estimate of drug-likeness (QED) is 0.845. The van der Waals surface area contributed by atoms with Gasteiger partial charge in [0.25, 0.3) is 0 Å². The fourth-order valence-electron chi connectivity index (χ4n) is 2.15. The number of hydrogen-bond donors (Lipinski definition) is 1. The van der Waals surface area contributed by atoms with Gasteiger partial charge in [-0.1, -0.05) is 0 Å². The Morgan fingerprint density at radius 3 is 2.60 bits per heavy atom. The van der Waals surface area contributed by atoms with E-state index in [1.165, 1.54) is 0 Å². The van der Waals surface area contributed by atoms with Crippen molar-refractivity contribution in [1.29, 1.82) is 0 Å². The van der Waals surface area contributed by atoms with Gasteiger partial charge in [-0.2, -0.15) is 0 Å². The molecule has 1 aliphatic heterocycles. The molecular weight excluding hydrogens is 292 g/mol. The SMILES string of the molecule is CCNC(=S)N1CCN(C(=O)Cc2nc(C)cs2)CC1. The Morgan fingerprint density at radius 1 is 1.40 bits per heavy atom. The molecule has 20 heavy (non-hydrogen) atoms. The van der Waals surface area contributed by atoms with Crippen molar-refractivity contribution in [3.05, 3.63) is 16.1 Å². The van der Waals surface area contributed by atoms with Gasteiger partial charge in [0, 0.05) is 43.8 Å². The fraction of sp³-hybridized carbons (Fsp3) is 0.615. The van der Waals surface area contributed by atoms with E-state index < -0.39 is 0 Å². The summed E-state index contributed by atoms with van der Waals surface area (Å²) in [5.41, 5.74) is 0.985. The van der Waals surface area contributed by atoms with Crippen molar-refractivity contribution in [1.82, 2.24) is 20.1 Å². The molecule has 1 aliphatic rings. The first-order valence-corrected chi connectivity index (χ1v) is 8.10. The number of rotatable bonds is 3. The maximum Gasteiger partial charge on any atom is 0.229 e. The number of hydrogen-bond acceptors (Lipinski definition) is 4. The lowest BCUT2D eigenvalue weighted by Crippen LogP contribution is -2.53. The Hall–Kier alpha value is -1.21. The van der Waals surface area contributed by atoms with Gasteiger partial charge in [-0.25, -0.2) is 4.98 Å². The number of thiocarbonyl (C=S) groups is 1. The predicted octanol–water partition coefficient (Wildman–Crippen LogP) is 1.03. The van der Waals surface area contributed by atoms with E-state index in [0.29, 0.717) is 6.42 Å². The number of carbonyl (C=O) groups excluding carboxylic acids is 1. The zero-order valence-electron chi connectivity index (χ0n) is 11.9. The van der Waals surface area contributed by atoms with E-state index in [0.717, 1.165) is 48.5 Å². The minimum absolute atomic E-state index is 0.161. The Bertz CT molecular complexity index is 480. The second-order valence-electron chi connectivity index (χ2n) is 4.76. The lowest BCUT2D eigenvalue weighted by Gasteiger charge is -2.36. The summed E-state index contributed by atoms with van der Waals surface area (Å²) in [5.74, 6) is 0.161. The minimum Gasteiger partial charge on any atom is -0.363 e. The van der Waals surface area contributed by atoms with Gasteiger partial charge in [0.15, 0.2) is 5.11 Å². The Balaban J connectivity index is 1.81. The van der Waals surface area contributed by atoms with Crippen LogP contribution < -0.4 is 5.32 Å². The maximum absolute atomic E-state index is 12.2. The first kappa shape index (κ1) is 15.2. The van der Waals surface area contributed by atoms with Crippen LogP contribution in [0.15, 0.2) is 5.38 Å². The van der Waals surface area contributed by atoms with E-state index in [2.05, 4.69) is 15.2 Å². The molecule has 1 saturated heterocycles. The molecule has 1 N–H and O–H groups in total. The summed E-state index contributed by atoms with van der Waals surface area (Å²) < 4.78 is 0. The number of carbonyl (C=O) groups is 1. The standard InChI is InChI=1S/C13H20N4OS2/c1-3-14-13(19)17-6-4-16(5-7-17)12(18)8-11-15-10(2)9-20-11/h9H,3-8H2,1-2H3,(H,14,19). The third-order valence-electron chi connectivity index (χ3n) is 3.22. The number of aromatic nitrogens is 1. The summed E-state index contributed by atoms with van der Waals surface area (Å²) in [6.07, 6.45) is 0.413.